The number of halogens is 3. The van der Waals surface area contributed by atoms with E-state index in [1.165, 1.54) is 11.5 Å². The van der Waals surface area contributed by atoms with Gasteiger partial charge in [0.2, 0.25) is 8.59 Å². The predicted octanol–water partition coefficient (Wildman–Crippen LogP) is 6.92. The molecule has 0 N–H and O–H groups in total. The van der Waals surface area contributed by atoms with Crippen molar-refractivity contribution >= 4 is 58.3 Å². The maximum absolute atomic E-state index is 12.3. The number of aliphatic imine (C=N–C) groups is 1. The van der Waals surface area contributed by atoms with E-state index in [4.69, 9.17) is 39.5 Å². The van der Waals surface area contributed by atoms with Gasteiger partial charge in [-0.25, -0.2) is 8.75 Å². The molecule has 4 rings (SSSR count). The van der Waals surface area contributed by atoms with Gasteiger partial charge in [0.1, 0.15) is 6.61 Å². The van der Waals surface area contributed by atoms with Gasteiger partial charge in [-0.1, -0.05) is 113 Å². The minimum atomic E-state index is -2.07. The summed E-state index contributed by atoms with van der Waals surface area (Å²) < 4.78 is 5.03. The van der Waals surface area contributed by atoms with Crippen LogP contribution in [0.25, 0.3) is 17.1 Å². The number of hydrogen-bond donors (Lipinski definition) is 0. The number of benzene rings is 3. The Morgan fingerprint density at radius 1 is 0.971 bits per heavy atom. The number of alkyl halides is 3. The summed E-state index contributed by atoms with van der Waals surface area (Å²) in [6.45, 7) is 2.04. The lowest BCUT2D eigenvalue weighted by molar-refractivity contribution is 0.151. The first-order valence-corrected chi connectivity index (χ1v) is 12.3. The summed E-state index contributed by atoms with van der Waals surface area (Å²) >= 11 is 19.5. The van der Waals surface area contributed by atoms with Gasteiger partial charge < -0.3 is 4.74 Å². The standard InChI is InChI=1S/C25H19Cl3N4O2S/c1-17-12-14-19(15-13-17)21-29-23(35-32(21)20-10-6-3-7-11-20)30-22(25(26,27)28)31-24(33)34-16-18-8-4-2-5-9-18/h2-15H,16H2,1H3. The fraction of sp³-hybridized carbons (Fsp3) is 0.120. The van der Waals surface area contributed by atoms with Gasteiger partial charge >= 0.3 is 6.09 Å². The minimum absolute atomic E-state index is 0.0269. The Balaban J connectivity index is 1.72. The molecule has 35 heavy (non-hydrogen) atoms. The van der Waals surface area contributed by atoms with Gasteiger partial charge in [0.05, 0.1) is 5.69 Å². The predicted molar refractivity (Wildman–Crippen MR) is 142 cm³/mol. The number of rotatable bonds is 4. The number of aryl methyl sites for hydroxylation is 1. The van der Waals surface area contributed by atoms with E-state index >= 15 is 0 Å². The number of carbonyl (C=O) groups is 1. The van der Waals surface area contributed by atoms with Gasteiger partial charge in [-0.05, 0) is 36.2 Å². The highest BCUT2D eigenvalue weighted by Gasteiger charge is 2.30. The van der Waals surface area contributed by atoms with Gasteiger partial charge in [0.15, 0.2) is 11.7 Å². The molecule has 0 fully saturated rings. The van der Waals surface area contributed by atoms with Crippen LogP contribution in [-0.2, 0) is 11.3 Å². The lowest BCUT2D eigenvalue weighted by Gasteiger charge is -2.09. The van der Waals surface area contributed by atoms with Crippen molar-refractivity contribution in [2.24, 2.45) is 9.98 Å². The first-order chi connectivity index (χ1) is 16.8. The molecule has 0 saturated heterocycles. The number of carbonyl (C=O) groups excluding carboxylic acids is 1. The Hall–Kier alpha value is -2.97. The molecule has 0 aliphatic heterocycles. The van der Waals surface area contributed by atoms with E-state index in [1.807, 2.05) is 95.8 Å². The van der Waals surface area contributed by atoms with Crippen LogP contribution in [0.2, 0.25) is 0 Å². The number of para-hydroxylation sites is 1. The Morgan fingerprint density at radius 3 is 2.23 bits per heavy atom. The summed E-state index contributed by atoms with van der Waals surface area (Å²) in [4.78, 5) is 25.4. The zero-order valence-corrected chi connectivity index (χ0v) is 21.5. The van der Waals surface area contributed by atoms with Crippen LogP contribution < -0.4 is 4.80 Å². The Bertz CT molecular complexity index is 1390. The van der Waals surface area contributed by atoms with E-state index in [1.54, 1.807) is 0 Å². The third-order valence-electron chi connectivity index (χ3n) is 4.72. The third-order valence-corrected chi connectivity index (χ3v) is 6.14. The summed E-state index contributed by atoms with van der Waals surface area (Å²) in [5.74, 6) is 0.306. The number of ether oxygens (including phenoxy) is 1. The highest BCUT2D eigenvalue weighted by Crippen LogP contribution is 2.29. The van der Waals surface area contributed by atoms with E-state index in [0.29, 0.717) is 5.82 Å². The normalized spacial score (nSPS) is 12.6. The molecule has 1 aromatic heterocycles. The molecule has 0 radical (unpaired) electrons. The molecular weight excluding hydrogens is 527 g/mol. The molecule has 0 aliphatic carbocycles. The Morgan fingerprint density at radius 2 is 1.60 bits per heavy atom. The lowest BCUT2D eigenvalue weighted by Crippen LogP contribution is -2.22. The van der Waals surface area contributed by atoms with E-state index in [9.17, 15) is 4.79 Å². The SMILES string of the molecule is Cc1ccc(-c2nc(=NC(=NC(=O)OCc3ccccc3)C(Cl)(Cl)Cl)sn2-c2ccccc2)cc1. The zero-order valence-electron chi connectivity index (χ0n) is 18.4. The van der Waals surface area contributed by atoms with Gasteiger partial charge in [-0.2, -0.15) is 15.0 Å². The fourth-order valence-corrected chi connectivity index (χ4v) is 4.16. The molecule has 0 bridgehead atoms. The molecule has 0 saturated carbocycles. The van der Waals surface area contributed by atoms with Crippen LogP contribution in [0.1, 0.15) is 11.1 Å². The number of amides is 1. The second-order valence-electron chi connectivity index (χ2n) is 7.39. The van der Waals surface area contributed by atoms with Crippen molar-refractivity contribution in [3.05, 3.63) is 101 Å². The van der Waals surface area contributed by atoms with Crippen molar-refractivity contribution in [2.45, 2.75) is 17.3 Å². The summed E-state index contributed by atoms with van der Waals surface area (Å²) in [5, 5.41) is 0. The van der Waals surface area contributed by atoms with Gasteiger partial charge in [0, 0.05) is 5.56 Å². The smallest absolute Gasteiger partial charge is 0.435 e. The van der Waals surface area contributed by atoms with Gasteiger partial charge in [0.25, 0.3) is 0 Å². The number of nitrogens with zero attached hydrogens (tertiary/aromatic N) is 4. The molecule has 3 aromatic carbocycles. The molecule has 6 nitrogen and oxygen atoms in total. The minimum Gasteiger partial charge on any atom is -0.443 e. The van der Waals surface area contributed by atoms with Crippen molar-refractivity contribution in [2.75, 3.05) is 0 Å². The quantitative estimate of drug-likeness (QED) is 0.159. The lowest BCUT2D eigenvalue weighted by atomic mass is 10.1. The van der Waals surface area contributed by atoms with E-state index in [2.05, 4.69) is 15.0 Å². The fourth-order valence-electron chi connectivity index (χ4n) is 3.03. The average Bonchev–Trinajstić information content (AvgIpc) is 3.27. The maximum atomic E-state index is 12.3. The van der Waals surface area contributed by atoms with Crippen molar-refractivity contribution in [1.29, 1.82) is 0 Å². The van der Waals surface area contributed by atoms with E-state index in [-0.39, 0.29) is 17.2 Å². The van der Waals surface area contributed by atoms with Gasteiger partial charge in [-0.15, -0.1) is 0 Å². The highest BCUT2D eigenvalue weighted by atomic mass is 35.6. The van der Waals surface area contributed by atoms with Crippen LogP contribution in [0.4, 0.5) is 4.79 Å². The van der Waals surface area contributed by atoms with E-state index in [0.717, 1.165) is 22.4 Å². The topological polar surface area (TPSA) is 68.8 Å². The second-order valence-corrected chi connectivity index (χ2v) is 10.6. The van der Waals surface area contributed by atoms with Crippen LogP contribution in [0, 0.1) is 6.92 Å². The van der Waals surface area contributed by atoms with Crippen LogP contribution >= 0.6 is 46.3 Å². The van der Waals surface area contributed by atoms with Crippen LogP contribution in [0.15, 0.2) is 94.9 Å². The van der Waals surface area contributed by atoms with E-state index < -0.39 is 9.89 Å². The van der Waals surface area contributed by atoms with Crippen molar-refractivity contribution in [3.8, 4) is 17.1 Å². The summed E-state index contributed by atoms with van der Waals surface area (Å²) in [7, 11) is 0. The van der Waals surface area contributed by atoms with Crippen LogP contribution in [0.5, 0.6) is 0 Å². The second kappa shape index (κ2) is 11.2. The van der Waals surface area contributed by atoms with Crippen molar-refractivity contribution in [3.63, 3.8) is 0 Å². The Labute approximate surface area is 221 Å². The largest absolute Gasteiger partial charge is 0.443 e. The zero-order chi connectivity index (χ0) is 24.8. The maximum Gasteiger partial charge on any atom is 0.435 e. The molecule has 1 heterocycles. The monoisotopic (exact) mass is 544 g/mol. The first-order valence-electron chi connectivity index (χ1n) is 10.4. The molecular formula is C25H19Cl3N4O2S. The molecule has 0 atom stereocenters. The molecule has 0 unspecified atom stereocenters. The average molecular weight is 546 g/mol. The molecule has 10 heteroatoms. The molecule has 1 amide bonds. The molecule has 0 spiro atoms. The molecule has 0 aliphatic rings. The number of hydrogen-bond acceptors (Lipinski definition) is 4. The van der Waals surface area contributed by atoms with Crippen LogP contribution in [-0.4, -0.2) is 24.7 Å². The van der Waals surface area contributed by atoms with Crippen LogP contribution in [0.3, 0.4) is 0 Å². The number of amidine groups is 1. The first kappa shape index (κ1) is 25.1. The van der Waals surface area contributed by atoms with Gasteiger partial charge in [-0.3, -0.25) is 0 Å². The summed E-state index contributed by atoms with van der Waals surface area (Å²) in [5.41, 5.74) is 3.69. The van der Waals surface area contributed by atoms with Crippen molar-refractivity contribution in [1.82, 2.24) is 8.94 Å². The molecule has 4 aromatic rings. The summed E-state index contributed by atoms with van der Waals surface area (Å²) in [6.07, 6.45) is -0.926. The van der Waals surface area contributed by atoms with Crippen molar-refractivity contribution < 1.29 is 9.53 Å². The third kappa shape index (κ3) is 6.80. The highest BCUT2D eigenvalue weighted by molar-refractivity contribution is 7.04. The number of aromatic nitrogens is 2. The summed E-state index contributed by atoms with van der Waals surface area (Å²) in [6, 6.07) is 26.8. The Kier molecular flexibility index (Phi) is 8.03. The molecule has 178 valence electrons.